The molecule has 0 N–H and O–H groups in total. The fraction of sp³-hybridized carbons (Fsp3) is 1.00. The highest BCUT2D eigenvalue weighted by Crippen LogP contribution is 2.23. The Morgan fingerprint density at radius 2 is 1.03 bits per heavy atom. The van der Waals surface area contributed by atoms with Crippen LogP contribution in [-0.2, 0) is 18.9 Å². The molecule has 0 aliphatic rings. The molecular weight excluding hydrogens is 477 g/mol. The highest BCUT2D eigenvalue weighted by Gasteiger charge is 2.10. The van der Waals surface area contributed by atoms with Crippen LogP contribution in [0.15, 0.2) is 0 Å². The molecule has 0 aliphatic carbocycles. The number of hydrogen-bond donors (Lipinski definition) is 0. The van der Waals surface area contributed by atoms with Gasteiger partial charge >= 0.3 is 0 Å². The van der Waals surface area contributed by atoms with E-state index in [0.29, 0.717) is 13.6 Å². The zero-order valence-corrected chi connectivity index (χ0v) is 26.3. The van der Waals surface area contributed by atoms with E-state index in [9.17, 15) is 0 Å². The average Bonchev–Trinajstić information content (AvgIpc) is 2.79. The van der Waals surface area contributed by atoms with Gasteiger partial charge in [0.25, 0.3) is 0 Å². The lowest BCUT2D eigenvalue weighted by Crippen LogP contribution is -2.35. The lowest BCUT2D eigenvalue weighted by molar-refractivity contribution is -0.125. The van der Waals surface area contributed by atoms with E-state index in [2.05, 4.69) is 51.3 Å². The quantitative estimate of drug-likeness (QED) is 0.0771. The first-order valence-electron chi connectivity index (χ1n) is 12.7. The molecule has 32 heavy (non-hydrogen) atoms. The van der Waals surface area contributed by atoms with E-state index in [1.165, 1.54) is 36.4 Å². The van der Waals surface area contributed by atoms with Gasteiger partial charge in [-0.2, -0.15) is 0 Å². The summed E-state index contributed by atoms with van der Waals surface area (Å²) in [5.74, 6) is 2.55. The molecule has 0 aromatic heterocycles. The third kappa shape index (κ3) is 19.2. The van der Waals surface area contributed by atoms with Crippen molar-refractivity contribution >= 4 is 40.6 Å². The van der Waals surface area contributed by atoms with Crippen LogP contribution < -0.4 is 0 Å². The zero-order chi connectivity index (χ0) is 23.9. The van der Waals surface area contributed by atoms with Crippen LogP contribution in [0.2, 0.25) is 12.1 Å². The smallest absolute Gasteiger partial charge is 0.148 e. The zero-order valence-electron chi connectivity index (χ0n) is 21.8. The molecule has 2 unspecified atom stereocenters. The van der Waals surface area contributed by atoms with E-state index in [4.69, 9.17) is 18.9 Å². The molecule has 0 aromatic rings. The third-order valence-electron chi connectivity index (χ3n) is 5.55. The fourth-order valence-corrected chi connectivity index (χ4v) is 8.58. The minimum absolute atomic E-state index is 0.0941. The van der Waals surface area contributed by atoms with E-state index in [-0.39, 0.29) is 31.5 Å². The van der Waals surface area contributed by atoms with Crippen LogP contribution in [0.4, 0.5) is 0 Å². The lowest BCUT2D eigenvalue weighted by Gasteiger charge is -2.26. The van der Waals surface area contributed by atoms with Crippen molar-refractivity contribution < 1.29 is 18.9 Å². The summed E-state index contributed by atoms with van der Waals surface area (Å²) in [4.78, 5) is 4.58. The summed E-state index contributed by atoms with van der Waals surface area (Å²) in [6.45, 7) is 17.8. The summed E-state index contributed by atoms with van der Waals surface area (Å²) < 4.78 is 22.8. The minimum atomic E-state index is -0.0941. The van der Waals surface area contributed by atoms with Crippen molar-refractivity contribution in [3.63, 3.8) is 0 Å². The Kier molecular flexibility index (Phi) is 25.7. The Bertz CT molecular complexity index is 352. The molecule has 0 rings (SSSR count). The molecule has 10 heteroatoms. The second-order valence-electron chi connectivity index (χ2n) is 7.79. The van der Waals surface area contributed by atoms with Crippen LogP contribution in [0.1, 0.15) is 54.4 Å². The molecule has 0 bridgehead atoms. The van der Waals surface area contributed by atoms with Gasteiger partial charge in [-0.1, -0.05) is 61.4 Å². The van der Waals surface area contributed by atoms with Gasteiger partial charge in [0, 0.05) is 24.0 Å². The molecule has 0 aliphatic heterocycles. The Morgan fingerprint density at radius 1 is 0.656 bits per heavy atom. The molecule has 0 fully saturated rings. The van der Waals surface area contributed by atoms with Crippen LogP contribution in [-0.4, -0.2) is 105 Å². The van der Waals surface area contributed by atoms with Gasteiger partial charge in [0.05, 0.1) is 19.0 Å². The van der Waals surface area contributed by atoms with Crippen LogP contribution in [0.25, 0.3) is 0 Å². The molecule has 0 aromatic carbocycles. The van der Waals surface area contributed by atoms with Gasteiger partial charge in [0.15, 0.2) is 0 Å². The Labute approximate surface area is 211 Å². The normalized spacial score (nSPS) is 14.6. The first-order chi connectivity index (χ1) is 15.6. The van der Waals surface area contributed by atoms with E-state index in [1.807, 2.05) is 21.6 Å². The van der Waals surface area contributed by atoms with Crippen molar-refractivity contribution in [2.45, 2.75) is 78.9 Å². The molecular formula is C22H52N2O4S2Si2. The molecule has 2 atom stereocenters. The topological polar surface area (TPSA) is 43.4 Å². The van der Waals surface area contributed by atoms with Crippen molar-refractivity contribution in [1.29, 1.82) is 0 Å². The molecule has 0 saturated carbocycles. The summed E-state index contributed by atoms with van der Waals surface area (Å²) in [5, 5.41) is 0. The minimum Gasteiger partial charge on any atom is -0.359 e. The maximum absolute atomic E-state index is 5.74. The predicted octanol–water partition coefficient (Wildman–Crippen LogP) is 3.59. The number of ether oxygens (including phenoxy) is 4. The maximum Gasteiger partial charge on any atom is 0.148 e. The second kappa shape index (κ2) is 25.0. The molecule has 0 amide bonds. The van der Waals surface area contributed by atoms with E-state index in [1.54, 1.807) is 0 Å². The monoisotopic (exact) mass is 528 g/mol. The number of nitrogens with zero attached hydrogens (tertiary/aromatic N) is 2. The van der Waals surface area contributed by atoms with Gasteiger partial charge in [-0.25, -0.2) is 0 Å². The Hall–Kier alpha value is 0.894. The summed E-state index contributed by atoms with van der Waals surface area (Å²) in [6.07, 6.45) is 4.84. The highest BCUT2D eigenvalue weighted by molar-refractivity contribution is 8.76. The standard InChI is InChI=1S/C22H52N2O4S2Si2/c1-7-23(8-2)21(5)27-17-25-19-31-15-11-13-29-30-14-12-16-32-20-26-18-28-22(6)24(9-3)10-4/h21-22H,7-20,31-32H2,1-6H3. The average molecular weight is 529 g/mol. The largest absolute Gasteiger partial charge is 0.359 e. The van der Waals surface area contributed by atoms with Crippen molar-refractivity contribution in [2.75, 3.05) is 63.7 Å². The first-order valence-corrected chi connectivity index (χ1v) is 19.2. The van der Waals surface area contributed by atoms with Crippen LogP contribution >= 0.6 is 21.6 Å². The second-order valence-corrected chi connectivity index (χ2v) is 14.1. The van der Waals surface area contributed by atoms with Crippen LogP contribution in [0.5, 0.6) is 0 Å². The summed E-state index contributed by atoms with van der Waals surface area (Å²) >= 11 is 0. The van der Waals surface area contributed by atoms with Gasteiger partial charge in [-0.3, -0.25) is 9.80 Å². The SMILES string of the molecule is CCN(CC)C(C)OCOC[SiH2]CCCSSCCC[SiH2]COCOC(C)N(CC)CC. The predicted molar refractivity (Wildman–Crippen MR) is 149 cm³/mol. The van der Waals surface area contributed by atoms with Gasteiger partial charge in [-0.05, 0) is 52.9 Å². The lowest BCUT2D eigenvalue weighted by atomic mass is 10.4. The van der Waals surface area contributed by atoms with E-state index in [0.717, 1.165) is 38.6 Å². The van der Waals surface area contributed by atoms with Crippen molar-refractivity contribution in [1.82, 2.24) is 9.80 Å². The molecule has 194 valence electrons. The third-order valence-corrected chi connectivity index (χ3v) is 11.3. The number of hydrogen-bond acceptors (Lipinski definition) is 8. The summed E-state index contributed by atoms with van der Waals surface area (Å²) in [5.41, 5.74) is 0. The number of rotatable bonds is 25. The van der Waals surface area contributed by atoms with Crippen LogP contribution in [0, 0.1) is 0 Å². The first kappa shape index (κ1) is 32.9. The van der Waals surface area contributed by atoms with Crippen LogP contribution in [0.3, 0.4) is 0 Å². The van der Waals surface area contributed by atoms with Gasteiger partial charge in [0.1, 0.15) is 26.0 Å². The molecule has 0 saturated heterocycles. The molecule has 0 spiro atoms. The van der Waals surface area contributed by atoms with Gasteiger partial charge in [0.2, 0.25) is 0 Å². The summed E-state index contributed by atoms with van der Waals surface area (Å²) in [7, 11) is 3.90. The van der Waals surface area contributed by atoms with Gasteiger partial charge < -0.3 is 18.9 Å². The maximum atomic E-state index is 5.74. The van der Waals surface area contributed by atoms with Crippen molar-refractivity contribution in [3.8, 4) is 0 Å². The Morgan fingerprint density at radius 3 is 1.38 bits per heavy atom. The highest BCUT2D eigenvalue weighted by atomic mass is 33.1. The van der Waals surface area contributed by atoms with E-state index < -0.39 is 0 Å². The van der Waals surface area contributed by atoms with Crippen molar-refractivity contribution in [2.24, 2.45) is 0 Å². The Balaban J connectivity index is 3.24. The molecule has 6 nitrogen and oxygen atoms in total. The fourth-order valence-electron chi connectivity index (χ4n) is 3.30. The summed E-state index contributed by atoms with van der Waals surface area (Å²) in [6, 6.07) is 2.75. The van der Waals surface area contributed by atoms with E-state index >= 15 is 0 Å². The molecule has 0 radical (unpaired) electrons. The van der Waals surface area contributed by atoms with Crippen molar-refractivity contribution in [3.05, 3.63) is 0 Å². The molecule has 0 heterocycles. The van der Waals surface area contributed by atoms with Gasteiger partial charge in [-0.15, -0.1) is 0 Å².